The van der Waals surface area contributed by atoms with Crippen LogP contribution in [0.1, 0.15) is 59.6 Å². The molecule has 3 fully saturated rings. The maximum atomic E-state index is 13.8. The molecule has 2 aromatic rings. The predicted octanol–water partition coefficient (Wildman–Crippen LogP) is 3.53. The molecular formula is C30H42F3N5O7S. The molecule has 1 aromatic heterocycles. The summed E-state index contributed by atoms with van der Waals surface area (Å²) >= 11 is 0. The van der Waals surface area contributed by atoms with E-state index in [0.29, 0.717) is 30.0 Å². The Kier molecular flexibility index (Phi) is 11.7. The lowest BCUT2D eigenvalue weighted by molar-refractivity contribution is -0.192. The molecule has 1 N–H and O–H groups in total. The van der Waals surface area contributed by atoms with Gasteiger partial charge >= 0.3 is 12.1 Å². The normalized spacial score (nSPS) is 18.0. The standard InChI is InChI=1S/C28H41N5O5S.C2HF3O2/c1-21-17-24(37-3)18-22(2)27(21)39(35,36)33(23-7-8-23)19-26-29-25(20-38-26)28(34)32-15-13-31(14-16-32)12-6-11-30-9-4-5-10-30;3-2(4,5)1(6)7/h17-18,20,23H,4-16,19H2,1-3H3;(H,6,7). The Balaban J connectivity index is 0.000000617. The third-order valence-electron chi connectivity index (χ3n) is 8.30. The van der Waals surface area contributed by atoms with Crippen molar-refractivity contribution in [1.29, 1.82) is 0 Å². The van der Waals surface area contributed by atoms with Crippen LogP contribution in [0.15, 0.2) is 27.7 Å². The number of halogens is 3. The second-order valence-electron chi connectivity index (χ2n) is 11.8. The third kappa shape index (κ3) is 9.20. The van der Waals surface area contributed by atoms with E-state index in [-0.39, 0.29) is 35.0 Å². The Hall–Kier alpha value is -3.21. The zero-order valence-corrected chi connectivity index (χ0v) is 27.2. The zero-order chi connectivity index (χ0) is 33.6. The summed E-state index contributed by atoms with van der Waals surface area (Å²) in [5.41, 5.74) is 1.50. The minimum Gasteiger partial charge on any atom is -0.497 e. The number of carboxylic acids is 1. The highest BCUT2D eigenvalue weighted by molar-refractivity contribution is 7.89. The van der Waals surface area contributed by atoms with Crippen molar-refractivity contribution in [2.45, 2.75) is 69.6 Å². The van der Waals surface area contributed by atoms with Crippen molar-refractivity contribution in [3.8, 4) is 5.75 Å². The van der Waals surface area contributed by atoms with E-state index in [2.05, 4.69) is 14.8 Å². The van der Waals surface area contributed by atoms with Crippen LogP contribution in [0.3, 0.4) is 0 Å². The van der Waals surface area contributed by atoms with Crippen molar-refractivity contribution in [3.63, 3.8) is 0 Å². The van der Waals surface area contributed by atoms with Crippen molar-refractivity contribution in [2.24, 2.45) is 0 Å². The maximum absolute atomic E-state index is 13.8. The largest absolute Gasteiger partial charge is 0.497 e. The van der Waals surface area contributed by atoms with Gasteiger partial charge in [-0.05, 0) is 95.4 Å². The number of sulfonamides is 1. The van der Waals surface area contributed by atoms with Gasteiger partial charge in [0.25, 0.3) is 5.91 Å². The number of nitrogens with zero attached hydrogens (tertiary/aromatic N) is 5. The van der Waals surface area contributed by atoms with Gasteiger partial charge in [0.1, 0.15) is 12.0 Å². The minimum absolute atomic E-state index is 0.00398. The highest BCUT2D eigenvalue weighted by Crippen LogP contribution is 2.36. The lowest BCUT2D eigenvalue weighted by atomic mass is 10.1. The molecule has 2 aliphatic heterocycles. The summed E-state index contributed by atoms with van der Waals surface area (Å²) in [6.45, 7) is 11.3. The number of aromatic nitrogens is 1. The van der Waals surface area contributed by atoms with Crippen LogP contribution < -0.4 is 4.74 Å². The number of carbonyl (C=O) groups is 2. The van der Waals surface area contributed by atoms with E-state index >= 15 is 0 Å². The molecule has 256 valence electrons. The average Bonchev–Trinajstić information content (AvgIpc) is 3.48. The molecule has 3 aliphatic rings. The predicted molar refractivity (Wildman–Crippen MR) is 161 cm³/mol. The van der Waals surface area contributed by atoms with Crippen LogP contribution in [0.2, 0.25) is 0 Å². The smallest absolute Gasteiger partial charge is 0.490 e. The van der Waals surface area contributed by atoms with Gasteiger partial charge in [0, 0.05) is 32.2 Å². The highest BCUT2D eigenvalue weighted by Gasteiger charge is 2.41. The van der Waals surface area contributed by atoms with Crippen LogP contribution in [0.5, 0.6) is 5.75 Å². The fraction of sp³-hybridized carbons (Fsp3) is 0.633. The third-order valence-corrected chi connectivity index (χ3v) is 10.5. The van der Waals surface area contributed by atoms with Crippen molar-refractivity contribution in [2.75, 3.05) is 59.5 Å². The summed E-state index contributed by atoms with van der Waals surface area (Å²) in [5.74, 6) is -2.06. The number of piperazine rings is 1. The molecule has 5 rings (SSSR count). The lowest BCUT2D eigenvalue weighted by Gasteiger charge is -2.34. The number of carbonyl (C=O) groups excluding carboxylic acids is 1. The number of carboxylic acid groups (broad SMARTS) is 1. The first-order chi connectivity index (χ1) is 21.7. The fourth-order valence-corrected chi connectivity index (χ4v) is 7.85. The van der Waals surface area contributed by atoms with Gasteiger partial charge in [-0.25, -0.2) is 18.2 Å². The van der Waals surface area contributed by atoms with E-state index in [1.54, 1.807) is 33.1 Å². The summed E-state index contributed by atoms with van der Waals surface area (Å²) < 4.78 is 71.7. The first kappa shape index (κ1) is 35.6. The van der Waals surface area contributed by atoms with Crippen molar-refractivity contribution < 1.29 is 45.4 Å². The monoisotopic (exact) mass is 673 g/mol. The van der Waals surface area contributed by atoms with Crippen molar-refractivity contribution in [3.05, 3.63) is 41.1 Å². The van der Waals surface area contributed by atoms with Gasteiger partial charge in [-0.15, -0.1) is 0 Å². The first-order valence-electron chi connectivity index (χ1n) is 15.4. The fourth-order valence-electron chi connectivity index (χ4n) is 5.80. The van der Waals surface area contributed by atoms with Crippen LogP contribution >= 0.6 is 0 Å². The topological polar surface area (TPSA) is 137 Å². The Morgan fingerprint density at radius 2 is 1.57 bits per heavy atom. The molecule has 0 radical (unpaired) electrons. The molecule has 0 spiro atoms. The number of alkyl halides is 3. The second kappa shape index (κ2) is 15.1. The Morgan fingerprint density at radius 3 is 2.07 bits per heavy atom. The van der Waals surface area contributed by atoms with Gasteiger partial charge in [-0.1, -0.05) is 0 Å². The number of rotatable bonds is 11. The minimum atomic E-state index is -5.08. The first-order valence-corrected chi connectivity index (χ1v) is 16.8. The number of hydrogen-bond donors (Lipinski definition) is 1. The SMILES string of the molecule is COc1cc(C)c(S(=O)(=O)N(Cc2nc(C(=O)N3CCN(CCCN4CCCC4)CC3)co2)C2CC2)c(C)c1.O=C(O)C(F)(F)F. The Morgan fingerprint density at radius 1 is 1.02 bits per heavy atom. The van der Waals surface area contributed by atoms with E-state index in [9.17, 15) is 26.4 Å². The molecule has 0 bridgehead atoms. The molecule has 1 amide bonds. The maximum Gasteiger partial charge on any atom is 0.490 e. The van der Waals surface area contributed by atoms with E-state index in [1.807, 2.05) is 4.90 Å². The summed E-state index contributed by atoms with van der Waals surface area (Å²) in [4.78, 5) is 33.5. The van der Waals surface area contributed by atoms with Crippen LogP contribution in [0.25, 0.3) is 0 Å². The van der Waals surface area contributed by atoms with Gasteiger partial charge in [-0.2, -0.15) is 17.5 Å². The van der Waals surface area contributed by atoms with E-state index < -0.39 is 22.2 Å². The van der Waals surface area contributed by atoms with Gasteiger partial charge in [0.15, 0.2) is 5.69 Å². The Labute approximate surface area is 267 Å². The number of likely N-dealkylation sites (tertiary alicyclic amines) is 1. The average molecular weight is 674 g/mol. The number of aryl methyl sites for hydroxylation is 2. The summed E-state index contributed by atoms with van der Waals surface area (Å²) in [7, 11) is -2.23. The van der Waals surface area contributed by atoms with E-state index in [1.165, 1.54) is 36.5 Å². The van der Waals surface area contributed by atoms with Gasteiger partial charge in [-0.3, -0.25) is 9.69 Å². The number of ether oxygens (including phenoxy) is 1. The van der Waals surface area contributed by atoms with Crippen molar-refractivity contribution >= 4 is 21.9 Å². The quantitative estimate of drug-likeness (QED) is 0.377. The highest BCUT2D eigenvalue weighted by atomic mass is 32.2. The Bertz CT molecular complexity index is 1440. The molecule has 3 heterocycles. The molecule has 16 heteroatoms. The second-order valence-corrected chi connectivity index (χ2v) is 13.7. The number of oxazole rings is 1. The number of amides is 1. The molecular weight excluding hydrogens is 631 g/mol. The van der Waals surface area contributed by atoms with Crippen LogP contribution in [0.4, 0.5) is 13.2 Å². The molecule has 0 atom stereocenters. The number of methoxy groups -OCH3 is 1. The molecule has 2 saturated heterocycles. The van der Waals surface area contributed by atoms with Crippen LogP contribution in [0, 0.1) is 13.8 Å². The van der Waals surface area contributed by atoms with E-state index in [4.69, 9.17) is 19.1 Å². The van der Waals surface area contributed by atoms with Crippen molar-refractivity contribution in [1.82, 2.24) is 24.0 Å². The summed E-state index contributed by atoms with van der Waals surface area (Å²) in [6.07, 6.45) is 1.67. The molecule has 1 aliphatic carbocycles. The van der Waals surface area contributed by atoms with Crippen LogP contribution in [-0.2, 0) is 21.4 Å². The molecule has 0 unspecified atom stereocenters. The van der Waals surface area contributed by atoms with Gasteiger partial charge in [0.05, 0.1) is 18.6 Å². The van der Waals surface area contributed by atoms with Crippen LogP contribution in [-0.4, -0.2) is 121 Å². The number of benzene rings is 1. The molecule has 1 saturated carbocycles. The lowest BCUT2D eigenvalue weighted by Crippen LogP contribution is -2.49. The molecule has 12 nitrogen and oxygen atoms in total. The van der Waals surface area contributed by atoms with Gasteiger partial charge < -0.3 is 24.1 Å². The summed E-state index contributed by atoms with van der Waals surface area (Å²) in [5, 5.41) is 7.12. The number of aliphatic carboxylic acids is 1. The van der Waals surface area contributed by atoms with E-state index in [0.717, 1.165) is 45.4 Å². The molecule has 1 aromatic carbocycles. The zero-order valence-electron chi connectivity index (χ0n) is 26.4. The molecule has 46 heavy (non-hydrogen) atoms. The number of hydrogen-bond acceptors (Lipinski definition) is 9. The summed E-state index contributed by atoms with van der Waals surface area (Å²) in [6, 6.07) is 3.38. The van der Waals surface area contributed by atoms with Gasteiger partial charge in [0.2, 0.25) is 15.9 Å².